The zero-order chi connectivity index (χ0) is 32.5. The molecular weight excluding hydrogens is 582 g/mol. The number of benzene rings is 2. The van der Waals surface area contributed by atoms with Gasteiger partial charge in [-0.3, -0.25) is 14.4 Å². The van der Waals surface area contributed by atoms with E-state index in [-0.39, 0.29) is 31.6 Å². The highest BCUT2D eigenvalue weighted by Crippen LogP contribution is 2.57. The average molecular weight is 628 g/mol. The number of ether oxygens (including phenoxy) is 2. The van der Waals surface area contributed by atoms with Crippen LogP contribution in [0.5, 0.6) is 0 Å². The van der Waals surface area contributed by atoms with Crippen LogP contribution in [0.1, 0.15) is 45.6 Å². The van der Waals surface area contributed by atoms with Gasteiger partial charge in [-0.05, 0) is 76.3 Å². The second-order valence-electron chi connectivity index (χ2n) is 12.9. The van der Waals surface area contributed by atoms with Crippen LogP contribution in [0.3, 0.4) is 0 Å². The zero-order valence-corrected chi connectivity index (χ0v) is 27.0. The molecule has 6 atom stereocenters. The molecule has 9 nitrogen and oxygen atoms in total. The number of nitrogens with zero attached hydrogens (tertiary/aromatic N) is 3. The molecule has 2 amide bonds. The van der Waals surface area contributed by atoms with E-state index in [1.54, 1.807) is 4.90 Å². The molecule has 0 saturated carbocycles. The van der Waals surface area contributed by atoms with Crippen molar-refractivity contribution in [2.24, 2.45) is 11.8 Å². The summed E-state index contributed by atoms with van der Waals surface area (Å²) in [5, 5.41) is 10.8. The maximum atomic E-state index is 14.9. The second kappa shape index (κ2) is 13.0. The Morgan fingerprint density at radius 1 is 0.935 bits per heavy atom. The van der Waals surface area contributed by atoms with E-state index in [4.69, 9.17) is 9.47 Å². The fourth-order valence-corrected chi connectivity index (χ4v) is 7.93. The summed E-state index contributed by atoms with van der Waals surface area (Å²) in [6.45, 7) is 7.93. The number of rotatable bonds is 8. The van der Waals surface area contributed by atoms with E-state index in [0.717, 1.165) is 43.6 Å². The number of carbonyl (C=O) groups excluding carboxylic acids is 3. The third-order valence-corrected chi connectivity index (χ3v) is 10.1. The van der Waals surface area contributed by atoms with Crippen molar-refractivity contribution in [1.82, 2.24) is 4.90 Å². The minimum atomic E-state index is -1.44. The molecule has 1 spiro atoms. The molecule has 4 heterocycles. The van der Waals surface area contributed by atoms with E-state index >= 15 is 0 Å². The fourth-order valence-electron chi connectivity index (χ4n) is 7.93. The molecule has 6 rings (SSSR count). The normalized spacial score (nSPS) is 30.6. The minimum absolute atomic E-state index is 0.264. The number of carbonyl (C=O) groups is 3. The Balaban J connectivity index is 1.46. The smallest absolute Gasteiger partial charge is 0.313 e. The van der Waals surface area contributed by atoms with Gasteiger partial charge in [0.05, 0.1) is 30.8 Å². The predicted octanol–water partition coefficient (Wildman–Crippen LogP) is 4.29. The van der Waals surface area contributed by atoms with Crippen LogP contribution in [0.4, 0.5) is 11.4 Å². The van der Waals surface area contributed by atoms with Gasteiger partial charge in [0.1, 0.15) is 17.6 Å². The van der Waals surface area contributed by atoms with Gasteiger partial charge in [0.2, 0.25) is 5.91 Å². The lowest BCUT2D eigenvalue weighted by atomic mass is 9.74. The van der Waals surface area contributed by atoms with Gasteiger partial charge < -0.3 is 29.3 Å². The van der Waals surface area contributed by atoms with E-state index in [2.05, 4.69) is 18.7 Å². The van der Waals surface area contributed by atoms with Crippen LogP contribution in [0.25, 0.3) is 0 Å². The summed E-state index contributed by atoms with van der Waals surface area (Å²) < 4.78 is 12.7. The van der Waals surface area contributed by atoms with E-state index in [1.807, 2.05) is 85.8 Å². The summed E-state index contributed by atoms with van der Waals surface area (Å²) in [5.41, 5.74) is 0.0744. The lowest BCUT2D eigenvalue weighted by Gasteiger charge is -2.40. The largest absolute Gasteiger partial charge is 0.465 e. The first kappa shape index (κ1) is 32.0. The molecular formula is C37H45N3O6. The van der Waals surface area contributed by atoms with Gasteiger partial charge >= 0.3 is 5.97 Å². The van der Waals surface area contributed by atoms with Crippen molar-refractivity contribution in [2.75, 3.05) is 42.6 Å². The Morgan fingerprint density at radius 3 is 2.37 bits per heavy atom. The van der Waals surface area contributed by atoms with E-state index < -0.39 is 41.1 Å². The molecule has 2 saturated heterocycles. The first-order chi connectivity index (χ1) is 22.3. The molecule has 2 aromatic rings. The van der Waals surface area contributed by atoms with Gasteiger partial charge in [-0.2, -0.15) is 0 Å². The quantitative estimate of drug-likeness (QED) is 0.344. The number of aliphatic hydroxyl groups is 1. The van der Waals surface area contributed by atoms with Crippen LogP contribution < -0.4 is 9.80 Å². The summed E-state index contributed by atoms with van der Waals surface area (Å²) in [6, 6.07) is 15.7. The highest BCUT2D eigenvalue weighted by molar-refractivity contribution is 6.06. The van der Waals surface area contributed by atoms with Gasteiger partial charge in [0.15, 0.2) is 0 Å². The molecule has 4 aliphatic rings. The number of esters is 1. The zero-order valence-electron chi connectivity index (χ0n) is 27.0. The van der Waals surface area contributed by atoms with E-state index in [9.17, 15) is 19.5 Å². The standard InChI is InChI=1S/C37H45N3O6/c1-4-38(5-2)27-16-18-28(19-17-27)39-22-13-21-37-30(31-35(44)45-23-12-7-6-11-20-36(31,3)46-37)33(42)40(32(37)34(39)43)29(25-41)24-26-14-9-8-10-15-26/h8-11,13-21,29-32,41H,4-7,12,22-25H2,1-3H3/b20-11-/t29-,30+,31+,32?,36-,37+/m1/s1. The van der Waals surface area contributed by atoms with Crippen LogP contribution >= 0.6 is 0 Å². The van der Waals surface area contributed by atoms with Crippen LogP contribution in [0.2, 0.25) is 0 Å². The highest BCUT2D eigenvalue weighted by Gasteiger charge is 2.75. The summed E-state index contributed by atoms with van der Waals surface area (Å²) in [5.74, 6) is -3.16. The lowest BCUT2D eigenvalue weighted by molar-refractivity contribution is -0.160. The first-order valence-electron chi connectivity index (χ1n) is 16.6. The van der Waals surface area contributed by atoms with Crippen molar-refractivity contribution < 1.29 is 29.0 Å². The van der Waals surface area contributed by atoms with Gasteiger partial charge in [0, 0.05) is 31.0 Å². The topological polar surface area (TPSA) is 99.6 Å². The molecule has 2 fully saturated rings. The number of allylic oxidation sites excluding steroid dienone is 1. The number of hydrogen-bond acceptors (Lipinski definition) is 7. The number of cyclic esters (lactones) is 1. The third kappa shape index (κ3) is 5.43. The van der Waals surface area contributed by atoms with Gasteiger partial charge in [-0.15, -0.1) is 0 Å². The van der Waals surface area contributed by atoms with Crippen molar-refractivity contribution in [3.05, 3.63) is 84.5 Å². The SMILES string of the molecule is CCN(CC)c1ccc(N2CC=C[C@]34O[C@]5(C)/C=C\CCCCOC(=O)[C@@H]5[C@H]3C(=O)N([C@@H](CO)Cc3ccccc3)C4C2=O)cc1. The molecule has 0 bridgehead atoms. The van der Waals surface area contributed by atoms with Gasteiger partial charge in [0.25, 0.3) is 5.91 Å². The average Bonchev–Trinajstić information content (AvgIpc) is 3.40. The van der Waals surface area contributed by atoms with Crippen molar-refractivity contribution in [3.63, 3.8) is 0 Å². The molecule has 1 unspecified atom stereocenters. The number of amides is 2. The van der Waals surface area contributed by atoms with E-state index in [0.29, 0.717) is 12.1 Å². The van der Waals surface area contributed by atoms with Crippen molar-refractivity contribution in [2.45, 2.75) is 69.7 Å². The third-order valence-electron chi connectivity index (χ3n) is 10.1. The Labute approximate surface area is 271 Å². The number of likely N-dealkylation sites (tertiary alicyclic amines) is 1. The van der Waals surface area contributed by atoms with Gasteiger partial charge in [-0.1, -0.05) is 54.6 Å². The molecule has 2 aromatic carbocycles. The number of hydrogen-bond donors (Lipinski definition) is 1. The van der Waals surface area contributed by atoms with E-state index in [1.165, 1.54) is 4.90 Å². The molecule has 244 valence electrons. The highest BCUT2D eigenvalue weighted by atomic mass is 16.6. The number of aliphatic hydroxyl groups excluding tert-OH is 1. The minimum Gasteiger partial charge on any atom is -0.465 e. The van der Waals surface area contributed by atoms with Crippen molar-refractivity contribution in [3.8, 4) is 0 Å². The molecule has 0 aliphatic carbocycles. The Morgan fingerprint density at radius 2 is 1.67 bits per heavy atom. The number of anilines is 2. The Bertz CT molecular complexity index is 1490. The van der Waals surface area contributed by atoms with Gasteiger partial charge in [-0.25, -0.2) is 0 Å². The summed E-state index contributed by atoms with van der Waals surface area (Å²) in [4.78, 5) is 49.0. The predicted molar refractivity (Wildman–Crippen MR) is 176 cm³/mol. The lowest BCUT2D eigenvalue weighted by Crippen LogP contribution is -2.59. The maximum Gasteiger partial charge on any atom is 0.313 e. The maximum absolute atomic E-state index is 14.9. The molecule has 46 heavy (non-hydrogen) atoms. The molecule has 0 aromatic heterocycles. The summed E-state index contributed by atoms with van der Waals surface area (Å²) in [7, 11) is 0. The molecule has 0 radical (unpaired) electrons. The van der Waals surface area contributed by atoms with Crippen LogP contribution in [0, 0.1) is 11.8 Å². The molecule has 9 heteroatoms. The number of fused-ring (bicyclic) bond motifs is 2. The first-order valence-corrected chi connectivity index (χ1v) is 16.6. The Hall–Kier alpha value is -3.95. The second-order valence-corrected chi connectivity index (χ2v) is 12.9. The molecule has 4 aliphatic heterocycles. The van der Waals surface area contributed by atoms with Crippen LogP contribution in [-0.2, 0) is 30.3 Å². The monoisotopic (exact) mass is 627 g/mol. The van der Waals surface area contributed by atoms with Crippen LogP contribution in [-0.4, -0.2) is 83.9 Å². The summed E-state index contributed by atoms with van der Waals surface area (Å²) in [6.07, 6.45) is 10.3. The Kier molecular flexibility index (Phi) is 9.08. The fraction of sp³-hybridized carbons (Fsp3) is 0.486. The molecule has 1 N–H and O–H groups in total. The van der Waals surface area contributed by atoms with Crippen LogP contribution in [0.15, 0.2) is 78.9 Å². The van der Waals surface area contributed by atoms with Crippen molar-refractivity contribution in [1.29, 1.82) is 0 Å². The van der Waals surface area contributed by atoms with Crippen molar-refractivity contribution >= 4 is 29.2 Å². The summed E-state index contributed by atoms with van der Waals surface area (Å²) >= 11 is 0.